The van der Waals surface area contributed by atoms with Crippen molar-refractivity contribution in [3.05, 3.63) is 0 Å². The number of halogens is 1. The van der Waals surface area contributed by atoms with E-state index < -0.39 is 6.16 Å². The summed E-state index contributed by atoms with van der Waals surface area (Å²) in [7, 11) is 0. The van der Waals surface area contributed by atoms with Gasteiger partial charge in [-0.15, -0.1) is 0 Å². The van der Waals surface area contributed by atoms with Gasteiger partial charge in [0.15, 0.2) is 0 Å². The van der Waals surface area contributed by atoms with Crippen LogP contribution in [0.1, 0.15) is 0 Å². The van der Waals surface area contributed by atoms with E-state index in [9.17, 15) is 0 Å². The van der Waals surface area contributed by atoms with Gasteiger partial charge in [-0.2, -0.15) is 0 Å². The first-order valence-electron chi connectivity index (χ1n) is 0.612. The molecule has 0 fully saturated rings. The fraction of sp³-hybridized carbons (Fsp3) is 0. The second-order valence-corrected chi connectivity index (χ2v) is 0.250. The average Bonchev–Trinajstić information content (AvgIpc) is 0.811. The first-order valence-corrected chi connectivity index (χ1v) is 0.612. The second-order valence-electron chi connectivity index (χ2n) is 0.250. The standard InChI is InChI=1S/CH2O3.Ba.Ce.FH/c2-1(3)4;;;/h(H2,2,3,4);;;1H/q;+2;+3;/p-3. The maximum atomic E-state index is 8.33. The molecule has 7 heavy (non-hydrogen) atoms. The number of carbonyl (C=O) groups excluding carboxylic acids is 1. The van der Waals surface area contributed by atoms with Crippen molar-refractivity contribution in [1.29, 1.82) is 0 Å². The molecule has 33 valence electrons. The van der Waals surface area contributed by atoms with Crippen molar-refractivity contribution in [2.24, 2.45) is 0 Å². The molecule has 0 aromatic rings. The Morgan fingerprint density at radius 1 is 1.29 bits per heavy atom. The molecule has 0 aromatic carbocycles. The van der Waals surface area contributed by atoms with E-state index >= 15 is 0 Å². The number of hydrogen-bond acceptors (Lipinski definition) is 3. The van der Waals surface area contributed by atoms with Crippen LogP contribution in [0.3, 0.4) is 0 Å². The molecule has 0 bridgehead atoms. The van der Waals surface area contributed by atoms with Crippen LogP contribution >= 0.6 is 0 Å². The van der Waals surface area contributed by atoms with Crippen molar-refractivity contribution in [3.63, 3.8) is 0 Å². The van der Waals surface area contributed by atoms with Crippen molar-refractivity contribution in [1.82, 2.24) is 0 Å². The van der Waals surface area contributed by atoms with Gasteiger partial charge in [0.1, 0.15) is 0 Å². The molecule has 3 nitrogen and oxygen atoms in total. The first-order chi connectivity index (χ1) is 1.73. The summed E-state index contributed by atoms with van der Waals surface area (Å²) in [6, 6.07) is 0. The molecule has 0 aliphatic carbocycles. The van der Waals surface area contributed by atoms with Crippen LogP contribution in [-0.4, -0.2) is 55.0 Å². The monoisotopic (exact) mass is 357 g/mol. The van der Waals surface area contributed by atoms with Crippen LogP contribution in [0, 0.1) is 41.7 Å². The third kappa shape index (κ3) is 66.7. The van der Waals surface area contributed by atoms with Crippen LogP contribution in [0.5, 0.6) is 0 Å². The van der Waals surface area contributed by atoms with E-state index in [0.717, 1.165) is 0 Å². The van der Waals surface area contributed by atoms with Gasteiger partial charge >= 0.3 is 90.6 Å². The summed E-state index contributed by atoms with van der Waals surface area (Å²) in [5.74, 6) is 0. The summed E-state index contributed by atoms with van der Waals surface area (Å²) in [4.78, 5) is 8.33. The van der Waals surface area contributed by atoms with E-state index in [1.165, 1.54) is 0 Å². The average molecular weight is 356 g/mol. The summed E-state index contributed by atoms with van der Waals surface area (Å²) >= 11 is 0. The molecular formula is CBaCeFO3+2. The van der Waals surface area contributed by atoms with Crippen LogP contribution < -0.4 is 14.9 Å². The summed E-state index contributed by atoms with van der Waals surface area (Å²) < 4.78 is 0. The molecule has 0 spiro atoms. The van der Waals surface area contributed by atoms with E-state index in [2.05, 4.69) is 0 Å². The van der Waals surface area contributed by atoms with Gasteiger partial charge in [0.25, 0.3) is 0 Å². The molecule has 0 saturated heterocycles. The fourth-order valence-corrected chi connectivity index (χ4v) is 0. The number of hydrogen-bond donors (Lipinski definition) is 0. The Hall–Kier alpha value is 2.15. The zero-order valence-electron chi connectivity index (χ0n) is 3.31. The zero-order chi connectivity index (χ0) is 3.58. The summed E-state index contributed by atoms with van der Waals surface area (Å²) in [5.41, 5.74) is 0. The van der Waals surface area contributed by atoms with Gasteiger partial charge in [-0.1, -0.05) is 0 Å². The van der Waals surface area contributed by atoms with E-state index in [4.69, 9.17) is 15.0 Å². The Morgan fingerprint density at radius 2 is 1.29 bits per heavy atom. The second kappa shape index (κ2) is 15.7. The number of carboxylic acid groups (broad SMARTS) is 2. The van der Waals surface area contributed by atoms with Gasteiger partial charge in [-0.3, -0.25) is 0 Å². The summed E-state index contributed by atoms with van der Waals surface area (Å²) in [6.45, 7) is 0. The molecule has 0 unspecified atom stereocenters. The molecule has 0 saturated carbocycles. The van der Waals surface area contributed by atoms with Gasteiger partial charge in [0.2, 0.25) is 0 Å². The Labute approximate surface area is 114 Å². The minimum absolute atomic E-state index is 0. The Balaban J connectivity index is -0.0000000150. The van der Waals surface area contributed by atoms with E-state index in [1.807, 2.05) is 0 Å². The summed E-state index contributed by atoms with van der Waals surface area (Å²) in [6.07, 6.45) is -2.33. The van der Waals surface area contributed by atoms with Crippen molar-refractivity contribution < 1.29 is 61.5 Å². The van der Waals surface area contributed by atoms with Crippen LogP contribution in [-0.2, 0) is 0 Å². The Kier molecular flexibility index (Phi) is 51.4. The van der Waals surface area contributed by atoms with Gasteiger partial charge in [0, 0.05) is 0 Å². The molecule has 0 amide bonds. The molecule has 0 atom stereocenters. The van der Waals surface area contributed by atoms with E-state index in [-0.39, 0.29) is 95.3 Å². The maximum absolute atomic E-state index is 8.33. The van der Waals surface area contributed by atoms with Crippen LogP contribution in [0.15, 0.2) is 0 Å². The smallest absolute Gasteiger partial charge is 1.00 e. The van der Waals surface area contributed by atoms with Crippen molar-refractivity contribution in [3.8, 4) is 0 Å². The Morgan fingerprint density at radius 3 is 1.29 bits per heavy atom. The quantitative estimate of drug-likeness (QED) is 0.406. The van der Waals surface area contributed by atoms with Gasteiger partial charge in [-0.25, -0.2) is 0 Å². The minimum Gasteiger partial charge on any atom is -1.00 e. The van der Waals surface area contributed by atoms with E-state index in [1.54, 1.807) is 0 Å². The van der Waals surface area contributed by atoms with Crippen LogP contribution in [0.4, 0.5) is 4.79 Å². The molecule has 1 radical (unpaired) electrons. The van der Waals surface area contributed by atoms with Crippen LogP contribution in [0.2, 0.25) is 0 Å². The minimum atomic E-state index is -2.33. The third-order valence-electron chi connectivity index (χ3n) is 0. The van der Waals surface area contributed by atoms with Gasteiger partial charge < -0.3 is 19.7 Å². The predicted octanol–water partition coefficient (Wildman–Crippen LogP) is -5.82. The molecule has 0 N–H and O–H groups in total. The van der Waals surface area contributed by atoms with Gasteiger partial charge in [0.05, 0.1) is 0 Å². The van der Waals surface area contributed by atoms with E-state index in [0.29, 0.717) is 0 Å². The molecule has 0 aliphatic heterocycles. The summed E-state index contributed by atoms with van der Waals surface area (Å²) in [5, 5.41) is 16.7. The Bertz CT molecular complexity index is 37.9. The fourth-order valence-electron chi connectivity index (χ4n) is 0. The first kappa shape index (κ1) is 22.9. The number of rotatable bonds is 0. The van der Waals surface area contributed by atoms with Crippen LogP contribution in [0.25, 0.3) is 0 Å². The molecule has 0 heterocycles. The third-order valence-corrected chi connectivity index (χ3v) is 0. The predicted molar refractivity (Wildman–Crippen MR) is 11.1 cm³/mol. The van der Waals surface area contributed by atoms with Crippen molar-refractivity contribution in [2.75, 3.05) is 0 Å². The van der Waals surface area contributed by atoms with Crippen molar-refractivity contribution >= 4 is 55.0 Å². The maximum Gasteiger partial charge on any atom is 3.00 e. The SMILES string of the molecule is O=C([O-])[O-].[Ba+2].[Ce+3].[F-]. The van der Waals surface area contributed by atoms with Crippen molar-refractivity contribution in [2.45, 2.75) is 0 Å². The van der Waals surface area contributed by atoms with Gasteiger partial charge in [-0.05, 0) is 6.16 Å². The topological polar surface area (TPSA) is 63.2 Å². The largest absolute Gasteiger partial charge is 3.00 e. The number of carbonyl (C=O) groups is 1. The molecule has 6 heteroatoms. The normalized spacial score (nSPS) is 3.43. The molecular weight excluding hydrogens is 356 g/mol. The molecule has 0 rings (SSSR count). The molecule has 0 aliphatic rings. The zero-order valence-corrected chi connectivity index (χ0v) is 10.9. The molecule has 0 aromatic heterocycles.